The molecular weight excluding hydrogens is 1220 g/mol. The molecule has 98 heavy (non-hydrogen) atoms. The maximum absolute atomic E-state index is 15.3. The molecule has 11 aromatic carbocycles. The standard InChI is InChI=1S/C83H80N8O7/c1-5-89(6-2)61-40-44-67-73(52-61)98-74-53-62(90(7-3)8-4)41-45-68(74)83(67)66-35-22-21-34-65(66)82(97)91(83)47-46-84-78(93)69(48-54-24-13-9-14-25-54)86-80(95)71(50-56-28-17-11-18-29-56)88-81(96)72(51-57-30-19-12-20-31-57)87-79(94)70(49-55-26-15-10-16-27-55)85-77(92)64-43-39-60-37-36-58-32-23-33-59-38-42-63(64)76(60)75(58)59/h9-45,52-53,69-72H,5-8,46-51H2,1-4H3,(H,84,93)(H,85,92)(H,86,95)(H,87,94)(H,88,96). The number of nitrogens with zero attached hydrogens (tertiary/aromatic N) is 3. The van der Waals surface area contributed by atoms with Crippen LogP contribution in [-0.4, -0.2) is 104 Å². The molecule has 5 N–H and O–H groups in total. The molecule has 11 aromatic rings. The molecule has 13 rings (SSSR count). The van der Waals surface area contributed by atoms with Crippen molar-refractivity contribution >= 4 is 79.1 Å². The van der Waals surface area contributed by atoms with E-state index in [2.05, 4.69) is 125 Å². The molecule has 4 unspecified atom stereocenters. The lowest BCUT2D eigenvalue weighted by molar-refractivity contribution is -0.134. The lowest BCUT2D eigenvalue weighted by Crippen LogP contribution is -2.59. The molecule has 0 fully saturated rings. The van der Waals surface area contributed by atoms with Crippen molar-refractivity contribution in [1.82, 2.24) is 31.5 Å². The molecule has 0 radical (unpaired) electrons. The Bertz CT molecular complexity index is 4640. The van der Waals surface area contributed by atoms with E-state index in [-0.39, 0.29) is 44.7 Å². The van der Waals surface area contributed by atoms with E-state index in [4.69, 9.17) is 4.74 Å². The van der Waals surface area contributed by atoms with Gasteiger partial charge in [-0.2, -0.15) is 0 Å². The summed E-state index contributed by atoms with van der Waals surface area (Å²) < 4.78 is 6.95. The van der Waals surface area contributed by atoms with Crippen molar-refractivity contribution in [3.8, 4) is 11.5 Å². The van der Waals surface area contributed by atoms with Gasteiger partial charge in [0.15, 0.2) is 0 Å². The van der Waals surface area contributed by atoms with Crippen molar-refractivity contribution < 1.29 is 33.5 Å². The van der Waals surface area contributed by atoms with Gasteiger partial charge in [0.2, 0.25) is 23.6 Å². The quantitative estimate of drug-likeness (QED) is 0.0330. The molecule has 2 heterocycles. The number of ether oxygens (including phenoxy) is 1. The molecule has 0 aliphatic carbocycles. The van der Waals surface area contributed by atoms with Crippen LogP contribution in [0.5, 0.6) is 11.5 Å². The highest BCUT2D eigenvalue weighted by molar-refractivity contribution is 6.26. The molecule has 15 heteroatoms. The van der Waals surface area contributed by atoms with Crippen molar-refractivity contribution in [2.24, 2.45) is 0 Å². The van der Waals surface area contributed by atoms with Crippen molar-refractivity contribution in [2.45, 2.75) is 83.1 Å². The fourth-order valence-electron chi connectivity index (χ4n) is 14.5. The molecule has 0 saturated carbocycles. The summed E-state index contributed by atoms with van der Waals surface area (Å²) in [5, 5.41) is 21.2. The maximum Gasteiger partial charge on any atom is 0.255 e. The molecule has 15 nitrogen and oxygen atoms in total. The zero-order valence-corrected chi connectivity index (χ0v) is 55.6. The highest BCUT2D eigenvalue weighted by Gasteiger charge is 2.56. The van der Waals surface area contributed by atoms with Gasteiger partial charge in [0, 0.05) is 111 Å². The fraction of sp³-hybridized carbons (Fsp3) is 0.229. The third kappa shape index (κ3) is 13.1. The van der Waals surface area contributed by atoms with Crippen molar-refractivity contribution in [3.63, 3.8) is 0 Å². The predicted octanol–water partition coefficient (Wildman–Crippen LogP) is 12.5. The lowest BCUT2D eigenvalue weighted by Gasteiger charge is -2.45. The van der Waals surface area contributed by atoms with E-state index in [1.54, 1.807) is 6.07 Å². The van der Waals surface area contributed by atoms with Crippen molar-refractivity contribution in [2.75, 3.05) is 49.1 Å². The van der Waals surface area contributed by atoms with Crippen LogP contribution >= 0.6 is 0 Å². The van der Waals surface area contributed by atoms with Gasteiger partial charge < -0.3 is 46.0 Å². The number of hydrogen-bond donors (Lipinski definition) is 5. The lowest BCUT2D eigenvalue weighted by atomic mass is 9.74. The number of anilines is 2. The summed E-state index contributed by atoms with van der Waals surface area (Å²) >= 11 is 0. The SMILES string of the molecule is CCN(CC)c1ccc2c(c1)Oc1cc(N(CC)CC)ccc1C21c2ccccc2C(=O)N1CCNC(=O)C(Cc1ccccc1)NC(=O)C(Cc1ccccc1)NC(=O)C(Cc1ccccc1)NC(=O)C(Cc1ccccc1)NC(=O)c1ccc2ccc3cccc4ccc1c2c34. The fourth-order valence-corrected chi connectivity index (χ4v) is 14.5. The summed E-state index contributed by atoms with van der Waals surface area (Å²) in [6.45, 7) is 11.7. The van der Waals surface area contributed by atoms with Crippen LogP contribution in [0.3, 0.4) is 0 Å². The largest absolute Gasteiger partial charge is 0.456 e. The van der Waals surface area contributed by atoms with E-state index >= 15 is 24.0 Å². The highest BCUT2D eigenvalue weighted by Crippen LogP contribution is 2.58. The van der Waals surface area contributed by atoms with Crippen LogP contribution in [0, 0.1) is 0 Å². The second-order valence-electron chi connectivity index (χ2n) is 25.2. The van der Waals surface area contributed by atoms with Gasteiger partial charge in [-0.1, -0.05) is 200 Å². The average Bonchev–Trinajstić information content (AvgIpc) is 1.47. The van der Waals surface area contributed by atoms with E-state index < -0.39 is 59.2 Å². The van der Waals surface area contributed by atoms with Gasteiger partial charge >= 0.3 is 0 Å². The molecule has 0 saturated heterocycles. The summed E-state index contributed by atoms with van der Waals surface area (Å²) in [6.07, 6.45) is 0.238. The maximum atomic E-state index is 15.3. The molecule has 2 aliphatic heterocycles. The molecule has 1 spiro atoms. The van der Waals surface area contributed by atoms with Crippen LogP contribution in [0.2, 0.25) is 0 Å². The number of nitrogens with one attached hydrogen (secondary N) is 5. The first-order chi connectivity index (χ1) is 47.9. The normalized spacial score (nSPS) is 13.9. The second-order valence-corrected chi connectivity index (χ2v) is 25.2. The Kier molecular flexibility index (Phi) is 19.3. The number of rotatable bonds is 26. The summed E-state index contributed by atoms with van der Waals surface area (Å²) in [4.78, 5) is 97.4. The molecule has 494 valence electrons. The van der Waals surface area contributed by atoms with E-state index in [1.165, 1.54) is 0 Å². The number of carbonyl (C=O) groups is 6. The Morgan fingerprint density at radius 3 is 1.30 bits per heavy atom. The van der Waals surface area contributed by atoms with Gasteiger partial charge in [-0.15, -0.1) is 0 Å². The van der Waals surface area contributed by atoms with Crippen molar-refractivity contribution in [3.05, 3.63) is 287 Å². The Labute approximate surface area is 571 Å². The molecule has 2 aliphatic rings. The summed E-state index contributed by atoms with van der Waals surface area (Å²) in [5.41, 5.74) is 7.16. The average molecular weight is 1300 g/mol. The van der Waals surface area contributed by atoms with Gasteiger partial charge in [-0.05, 0) is 112 Å². The number of fused-ring (bicyclic) bond motifs is 6. The summed E-state index contributed by atoms with van der Waals surface area (Å²) in [5.74, 6) is -1.82. The van der Waals surface area contributed by atoms with Gasteiger partial charge in [0.05, 0.1) is 0 Å². The first-order valence-electron chi connectivity index (χ1n) is 34.1. The van der Waals surface area contributed by atoms with E-state index in [0.717, 1.165) is 109 Å². The molecular formula is C83H80N8O7. The first-order valence-corrected chi connectivity index (χ1v) is 34.1. The molecule has 0 aromatic heterocycles. The number of benzene rings is 11. The molecule has 0 bridgehead atoms. The second kappa shape index (κ2) is 28.9. The summed E-state index contributed by atoms with van der Waals surface area (Å²) in [7, 11) is 0. The van der Waals surface area contributed by atoms with Crippen molar-refractivity contribution in [1.29, 1.82) is 0 Å². The number of carbonyl (C=O) groups excluding carboxylic acids is 6. The summed E-state index contributed by atoms with van der Waals surface area (Å²) in [6, 6.07) is 70.5. The van der Waals surface area contributed by atoms with Crippen LogP contribution in [0.1, 0.15) is 87.4 Å². The van der Waals surface area contributed by atoms with Gasteiger partial charge in [-0.3, -0.25) is 28.8 Å². The van der Waals surface area contributed by atoms with E-state index in [1.807, 2.05) is 175 Å². The van der Waals surface area contributed by atoms with Crippen LogP contribution in [0.4, 0.5) is 11.4 Å². The Balaban J connectivity index is 0.786. The smallest absolute Gasteiger partial charge is 0.255 e. The number of amides is 6. The Morgan fingerprint density at radius 2 is 0.827 bits per heavy atom. The minimum Gasteiger partial charge on any atom is -0.456 e. The molecule has 4 atom stereocenters. The van der Waals surface area contributed by atoms with Crippen LogP contribution in [0.25, 0.3) is 32.3 Å². The zero-order valence-electron chi connectivity index (χ0n) is 55.6. The highest BCUT2D eigenvalue weighted by atomic mass is 16.5. The van der Waals surface area contributed by atoms with Crippen LogP contribution < -0.4 is 41.1 Å². The monoisotopic (exact) mass is 1300 g/mol. The van der Waals surface area contributed by atoms with E-state index in [9.17, 15) is 4.79 Å². The third-order valence-electron chi connectivity index (χ3n) is 19.4. The first kappa shape index (κ1) is 65.3. The Morgan fingerprint density at radius 1 is 0.418 bits per heavy atom. The third-order valence-corrected chi connectivity index (χ3v) is 19.4. The van der Waals surface area contributed by atoms with Gasteiger partial charge in [0.25, 0.3) is 11.8 Å². The minimum absolute atomic E-state index is 0.00266. The van der Waals surface area contributed by atoms with Crippen LogP contribution in [-0.2, 0) is 50.4 Å². The number of hydrogen-bond acceptors (Lipinski definition) is 9. The molecule has 6 amide bonds. The van der Waals surface area contributed by atoms with E-state index in [0.29, 0.717) is 22.6 Å². The minimum atomic E-state index is -1.26. The topological polar surface area (TPSA) is 182 Å². The Hall–Kier alpha value is -11.3. The van der Waals surface area contributed by atoms with Crippen LogP contribution in [0.15, 0.2) is 237 Å². The van der Waals surface area contributed by atoms with Gasteiger partial charge in [-0.25, -0.2) is 0 Å². The zero-order chi connectivity index (χ0) is 67.9. The van der Waals surface area contributed by atoms with Gasteiger partial charge in [0.1, 0.15) is 41.2 Å². The predicted molar refractivity (Wildman–Crippen MR) is 388 cm³/mol.